The van der Waals surface area contributed by atoms with Crippen molar-refractivity contribution < 1.29 is 48.2 Å². The average molecular weight is 428 g/mol. The first-order valence-corrected chi connectivity index (χ1v) is 7.15. The molecule has 0 heterocycles. The molecule has 1 N–H and O–H groups in total. The zero-order valence-corrected chi connectivity index (χ0v) is 14.6. The fraction of sp³-hybridized carbons (Fsp3) is 0.0526. The van der Waals surface area contributed by atoms with E-state index in [1.807, 2.05) is 6.07 Å². The second-order valence-electron chi connectivity index (χ2n) is 5.27. The van der Waals surface area contributed by atoms with Crippen LogP contribution in [0.25, 0.3) is 11.1 Å². The molecule has 3 aromatic rings. The molecule has 1 radical (unpaired) electrons. The van der Waals surface area contributed by atoms with Crippen LogP contribution in [0.3, 0.4) is 0 Å². The summed E-state index contributed by atoms with van der Waals surface area (Å²) in [6.45, 7) is 1.74. The van der Waals surface area contributed by atoms with Gasteiger partial charge in [-0.3, -0.25) is 0 Å². The number of hydrogen-bond donors (Lipinski definition) is 1. The molecule has 0 saturated heterocycles. The molecule has 0 unspecified atom stereocenters. The Balaban J connectivity index is 0.000000288. The first-order valence-electron chi connectivity index (χ1n) is 7.15. The summed E-state index contributed by atoms with van der Waals surface area (Å²) in [5.41, 5.74) is 1.10. The summed E-state index contributed by atoms with van der Waals surface area (Å²) in [7, 11) is 0. The van der Waals surface area contributed by atoms with E-state index in [2.05, 4.69) is 0 Å². The molecule has 3 aromatic carbocycles. The molecule has 145 valence electrons. The summed E-state index contributed by atoms with van der Waals surface area (Å²) in [6, 6.07) is 9.46. The van der Waals surface area contributed by atoms with E-state index in [1.165, 1.54) is 12.1 Å². The molecular weight excluding hydrogens is 417 g/mol. The molecule has 0 aliphatic rings. The minimum absolute atomic E-state index is 0. The summed E-state index contributed by atoms with van der Waals surface area (Å²) in [6.07, 6.45) is 0. The number of aryl methyl sites for hydroxylation is 1. The molecule has 0 bridgehead atoms. The predicted octanol–water partition coefficient (Wildman–Crippen LogP) is 5.69. The fourth-order valence-electron chi connectivity index (χ4n) is 2.05. The Morgan fingerprint density at radius 2 is 1.26 bits per heavy atom. The van der Waals surface area contributed by atoms with E-state index in [0.717, 1.165) is 17.7 Å². The van der Waals surface area contributed by atoms with E-state index in [0.29, 0.717) is 12.1 Å². The number of phenols is 1. The Morgan fingerprint density at radius 1 is 0.741 bits per heavy atom. The molecule has 3 rings (SSSR count). The standard InChI is InChI=1S/C13H8F3.C6H3F3O.Co/c1-8-2-3-12(13(16)4-8)9-5-10(14)7-11(15)6-9;7-4-1-3(10)2-5(8)6(4)9;/h2-6H,1H3;1-2,10H;/q-1;;. The van der Waals surface area contributed by atoms with Gasteiger partial charge in [0, 0.05) is 40.5 Å². The molecule has 8 heteroatoms. The van der Waals surface area contributed by atoms with Crippen LogP contribution in [0.4, 0.5) is 26.3 Å². The van der Waals surface area contributed by atoms with Crippen LogP contribution in [-0.4, -0.2) is 5.11 Å². The van der Waals surface area contributed by atoms with Crippen molar-refractivity contribution in [3.63, 3.8) is 0 Å². The van der Waals surface area contributed by atoms with Gasteiger partial charge in [0.2, 0.25) is 0 Å². The Labute approximate surface area is 161 Å². The zero-order valence-electron chi connectivity index (χ0n) is 13.6. The summed E-state index contributed by atoms with van der Waals surface area (Å²) in [4.78, 5) is 0. The Kier molecular flexibility index (Phi) is 7.92. The van der Waals surface area contributed by atoms with Crippen molar-refractivity contribution in [2.24, 2.45) is 0 Å². The second kappa shape index (κ2) is 9.47. The van der Waals surface area contributed by atoms with Gasteiger partial charge in [-0.1, -0.05) is 12.1 Å². The van der Waals surface area contributed by atoms with E-state index < -0.39 is 40.7 Å². The van der Waals surface area contributed by atoms with Crippen LogP contribution < -0.4 is 0 Å². The van der Waals surface area contributed by atoms with Crippen molar-refractivity contribution in [1.82, 2.24) is 0 Å². The first-order chi connectivity index (χ1) is 12.2. The molecule has 0 saturated carbocycles. The third-order valence-corrected chi connectivity index (χ3v) is 3.21. The first kappa shape index (κ1) is 22.6. The quantitative estimate of drug-likeness (QED) is 0.300. The molecule has 0 fully saturated rings. The van der Waals surface area contributed by atoms with Gasteiger partial charge >= 0.3 is 0 Å². The van der Waals surface area contributed by atoms with E-state index in [1.54, 1.807) is 13.0 Å². The molecule has 0 aromatic heterocycles. The van der Waals surface area contributed by atoms with Crippen LogP contribution >= 0.6 is 0 Å². The predicted molar refractivity (Wildman–Crippen MR) is 83.3 cm³/mol. The molecule has 0 aliphatic carbocycles. The molecule has 1 nitrogen and oxygen atoms in total. The van der Waals surface area contributed by atoms with Crippen molar-refractivity contribution in [3.8, 4) is 16.9 Å². The van der Waals surface area contributed by atoms with Crippen molar-refractivity contribution >= 4 is 0 Å². The molecule has 0 atom stereocenters. The van der Waals surface area contributed by atoms with Crippen LogP contribution in [0.5, 0.6) is 5.75 Å². The van der Waals surface area contributed by atoms with Crippen LogP contribution in [0.15, 0.2) is 42.5 Å². The molecular formula is C19H11CoF6O-. The topological polar surface area (TPSA) is 20.2 Å². The van der Waals surface area contributed by atoms with Gasteiger partial charge < -0.3 is 5.11 Å². The van der Waals surface area contributed by atoms with Crippen molar-refractivity contribution in [2.75, 3.05) is 0 Å². The number of hydrogen-bond acceptors (Lipinski definition) is 1. The van der Waals surface area contributed by atoms with Crippen molar-refractivity contribution in [1.29, 1.82) is 0 Å². The summed E-state index contributed by atoms with van der Waals surface area (Å²) in [5, 5.41) is 8.47. The van der Waals surface area contributed by atoms with Gasteiger partial charge in [-0.25, -0.2) is 26.3 Å². The van der Waals surface area contributed by atoms with Crippen LogP contribution in [0.1, 0.15) is 5.56 Å². The third kappa shape index (κ3) is 6.04. The van der Waals surface area contributed by atoms with E-state index in [4.69, 9.17) is 5.11 Å². The molecule has 27 heavy (non-hydrogen) atoms. The Bertz CT molecular complexity index is 902. The van der Waals surface area contributed by atoms with Crippen LogP contribution in [0, 0.1) is 47.9 Å². The largest absolute Gasteiger partial charge is 0.508 e. The Hall–Kier alpha value is -2.45. The van der Waals surface area contributed by atoms with Gasteiger partial charge in [-0.05, 0) is 24.1 Å². The van der Waals surface area contributed by atoms with E-state index in [9.17, 15) is 26.3 Å². The maximum absolute atomic E-state index is 13.5. The van der Waals surface area contributed by atoms with E-state index in [-0.39, 0.29) is 27.9 Å². The third-order valence-electron chi connectivity index (χ3n) is 3.21. The van der Waals surface area contributed by atoms with Crippen LogP contribution in [0.2, 0.25) is 0 Å². The SMILES string of the molecule is Cc1ccc(-c2cc(F)[c-]c(F)c2)c(F)c1.Oc1cc(F)c(F)c(F)c1.[Co]. The van der Waals surface area contributed by atoms with Gasteiger partial charge in [-0.15, -0.1) is 23.8 Å². The molecule has 0 amide bonds. The number of rotatable bonds is 1. The van der Waals surface area contributed by atoms with Gasteiger partial charge in [-0.2, -0.15) is 0 Å². The van der Waals surface area contributed by atoms with Gasteiger partial charge in [0.25, 0.3) is 0 Å². The maximum Gasteiger partial charge on any atom is 0.194 e. The van der Waals surface area contributed by atoms with E-state index >= 15 is 0 Å². The number of phenolic OH excluding ortho intramolecular Hbond substituents is 1. The molecule has 0 spiro atoms. The zero-order chi connectivity index (χ0) is 19.4. The molecule has 0 aliphatic heterocycles. The minimum atomic E-state index is -1.57. The average Bonchev–Trinajstić information content (AvgIpc) is 2.52. The number of aromatic hydroxyl groups is 1. The second-order valence-corrected chi connectivity index (χ2v) is 5.27. The van der Waals surface area contributed by atoms with Crippen LogP contribution in [-0.2, 0) is 16.8 Å². The summed E-state index contributed by atoms with van der Waals surface area (Å²) < 4.78 is 75.5. The van der Waals surface area contributed by atoms with Gasteiger partial charge in [0.15, 0.2) is 17.5 Å². The summed E-state index contributed by atoms with van der Waals surface area (Å²) in [5.74, 6) is -7.15. The van der Waals surface area contributed by atoms with Crippen molar-refractivity contribution in [3.05, 3.63) is 89.0 Å². The number of benzene rings is 3. The minimum Gasteiger partial charge on any atom is -0.508 e. The normalized spacial score (nSPS) is 9.89. The monoisotopic (exact) mass is 428 g/mol. The van der Waals surface area contributed by atoms with Gasteiger partial charge in [0.05, 0.1) is 0 Å². The smallest absolute Gasteiger partial charge is 0.194 e. The number of halogens is 6. The maximum atomic E-state index is 13.5. The fourth-order valence-corrected chi connectivity index (χ4v) is 2.05. The Morgan fingerprint density at radius 3 is 1.74 bits per heavy atom. The summed E-state index contributed by atoms with van der Waals surface area (Å²) >= 11 is 0. The van der Waals surface area contributed by atoms with Crippen molar-refractivity contribution in [2.45, 2.75) is 6.92 Å². The van der Waals surface area contributed by atoms with Gasteiger partial charge in [0.1, 0.15) is 11.6 Å².